The second kappa shape index (κ2) is 8.16. The van der Waals surface area contributed by atoms with E-state index in [4.69, 9.17) is 0 Å². The average Bonchev–Trinajstić information content (AvgIpc) is 2.65. The van der Waals surface area contributed by atoms with E-state index in [0.717, 1.165) is 6.07 Å². The van der Waals surface area contributed by atoms with E-state index in [1.165, 1.54) is 19.1 Å². The van der Waals surface area contributed by atoms with Crippen LogP contribution < -0.4 is 5.32 Å². The fourth-order valence-corrected chi connectivity index (χ4v) is 4.59. The summed E-state index contributed by atoms with van der Waals surface area (Å²) in [6.45, 7) is 1.71. The lowest BCUT2D eigenvalue weighted by atomic mass is 10.0. The van der Waals surface area contributed by atoms with Crippen LogP contribution in [0.25, 0.3) is 0 Å². The van der Waals surface area contributed by atoms with Gasteiger partial charge in [-0.1, -0.05) is 36.4 Å². The molecule has 1 unspecified atom stereocenters. The quantitative estimate of drug-likeness (QED) is 0.814. The molecule has 0 radical (unpaired) electrons. The number of halogens is 3. The summed E-state index contributed by atoms with van der Waals surface area (Å²) >= 11 is 0. The molecule has 1 fully saturated rings. The molecule has 2 aromatic rings. The standard InChI is InChI=1S/C20H21F3N2O3S/c1-14-7-8-16(13-17(14)20(21,22)23)24-19(26)18(15-5-3-2-4-6-15)25-9-11-29(27,28)12-10-25/h2-8,13,18H,9-12H2,1H3,(H,24,26). The summed E-state index contributed by atoms with van der Waals surface area (Å²) < 4.78 is 63.0. The van der Waals surface area contributed by atoms with E-state index < -0.39 is 33.5 Å². The van der Waals surface area contributed by atoms with E-state index in [9.17, 15) is 26.4 Å². The van der Waals surface area contributed by atoms with Gasteiger partial charge in [0.05, 0.1) is 17.1 Å². The van der Waals surface area contributed by atoms with Crippen molar-refractivity contribution in [1.29, 1.82) is 0 Å². The Hall–Kier alpha value is -2.39. The van der Waals surface area contributed by atoms with Crippen molar-refractivity contribution in [2.45, 2.75) is 19.1 Å². The summed E-state index contributed by atoms with van der Waals surface area (Å²) in [6.07, 6.45) is -4.52. The molecule has 156 valence electrons. The van der Waals surface area contributed by atoms with Gasteiger partial charge in [-0.15, -0.1) is 0 Å². The van der Waals surface area contributed by atoms with E-state index in [-0.39, 0.29) is 35.8 Å². The zero-order chi connectivity index (χ0) is 21.2. The highest BCUT2D eigenvalue weighted by Crippen LogP contribution is 2.34. The van der Waals surface area contributed by atoms with Crippen LogP contribution in [0.5, 0.6) is 0 Å². The van der Waals surface area contributed by atoms with E-state index in [0.29, 0.717) is 5.56 Å². The van der Waals surface area contributed by atoms with Gasteiger partial charge in [0.15, 0.2) is 9.84 Å². The molecule has 0 spiro atoms. The number of hydrogen-bond donors (Lipinski definition) is 1. The maximum atomic E-state index is 13.2. The van der Waals surface area contributed by atoms with Gasteiger partial charge < -0.3 is 5.32 Å². The fourth-order valence-electron chi connectivity index (χ4n) is 3.36. The van der Waals surface area contributed by atoms with Crippen molar-refractivity contribution in [3.8, 4) is 0 Å². The molecule has 0 bridgehead atoms. The van der Waals surface area contributed by atoms with Gasteiger partial charge in [-0.2, -0.15) is 13.2 Å². The lowest BCUT2D eigenvalue weighted by molar-refractivity contribution is -0.138. The van der Waals surface area contributed by atoms with Gasteiger partial charge in [0, 0.05) is 18.8 Å². The summed E-state index contributed by atoms with van der Waals surface area (Å²) in [4.78, 5) is 14.8. The van der Waals surface area contributed by atoms with E-state index in [1.54, 1.807) is 35.2 Å². The van der Waals surface area contributed by atoms with Gasteiger partial charge in [0.1, 0.15) is 6.04 Å². The molecule has 9 heteroatoms. The minimum atomic E-state index is -4.52. The molecule has 1 amide bonds. The number of anilines is 1. The summed E-state index contributed by atoms with van der Waals surface area (Å²) in [5.41, 5.74) is -0.0575. The van der Waals surface area contributed by atoms with Crippen LogP contribution >= 0.6 is 0 Å². The van der Waals surface area contributed by atoms with E-state index in [1.807, 2.05) is 0 Å². The number of sulfone groups is 1. The van der Waals surface area contributed by atoms with Gasteiger partial charge in [-0.25, -0.2) is 8.42 Å². The third-order valence-electron chi connectivity index (χ3n) is 4.92. The number of alkyl halides is 3. The molecule has 1 saturated heterocycles. The van der Waals surface area contributed by atoms with Crippen LogP contribution in [0.3, 0.4) is 0 Å². The smallest absolute Gasteiger partial charge is 0.324 e. The zero-order valence-corrected chi connectivity index (χ0v) is 16.6. The van der Waals surface area contributed by atoms with Gasteiger partial charge in [0.2, 0.25) is 5.91 Å². The van der Waals surface area contributed by atoms with Crippen molar-refractivity contribution >= 4 is 21.4 Å². The number of nitrogens with one attached hydrogen (secondary N) is 1. The maximum Gasteiger partial charge on any atom is 0.416 e. The molecule has 1 aliphatic rings. The highest BCUT2D eigenvalue weighted by molar-refractivity contribution is 7.91. The largest absolute Gasteiger partial charge is 0.416 e. The first-order chi connectivity index (χ1) is 13.6. The molecule has 1 aliphatic heterocycles. The topological polar surface area (TPSA) is 66.5 Å². The molecule has 0 aliphatic carbocycles. The number of amides is 1. The third-order valence-corrected chi connectivity index (χ3v) is 6.53. The number of rotatable bonds is 4. The molecular weight excluding hydrogens is 405 g/mol. The molecule has 1 heterocycles. The van der Waals surface area contributed by atoms with Crippen molar-refractivity contribution < 1.29 is 26.4 Å². The Morgan fingerprint density at radius 3 is 2.28 bits per heavy atom. The Morgan fingerprint density at radius 2 is 1.69 bits per heavy atom. The number of benzene rings is 2. The number of aryl methyl sites for hydroxylation is 1. The van der Waals surface area contributed by atoms with Gasteiger partial charge in [-0.3, -0.25) is 9.69 Å². The van der Waals surface area contributed by atoms with Crippen molar-refractivity contribution in [2.24, 2.45) is 0 Å². The normalized spacial score (nSPS) is 18.2. The molecule has 3 rings (SSSR count). The summed E-state index contributed by atoms with van der Waals surface area (Å²) in [5.74, 6) is -0.633. The van der Waals surface area contributed by atoms with Gasteiger partial charge >= 0.3 is 6.18 Å². The van der Waals surface area contributed by atoms with Crippen LogP contribution in [0, 0.1) is 6.92 Å². The number of carbonyl (C=O) groups excluding carboxylic acids is 1. The van der Waals surface area contributed by atoms with Crippen LogP contribution in [0.1, 0.15) is 22.7 Å². The highest BCUT2D eigenvalue weighted by atomic mass is 32.2. The van der Waals surface area contributed by atoms with Gasteiger partial charge in [-0.05, 0) is 30.2 Å². The third kappa shape index (κ3) is 5.16. The summed E-state index contributed by atoms with van der Waals surface area (Å²) in [7, 11) is -3.14. The summed E-state index contributed by atoms with van der Waals surface area (Å²) in [5, 5.41) is 2.57. The van der Waals surface area contributed by atoms with Crippen LogP contribution in [0.15, 0.2) is 48.5 Å². The van der Waals surface area contributed by atoms with Crippen molar-refractivity contribution in [1.82, 2.24) is 4.90 Å². The fraction of sp³-hybridized carbons (Fsp3) is 0.350. The second-order valence-corrected chi connectivity index (χ2v) is 9.32. The lowest BCUT2D eigenvalue weighted by Gasteiger charge is -2.33. The van der Waals surface area contributed by atoms with Crippen molar-refractivity contribution in [3.05, 3.63) is 65.2 Å². The first-order valence-corrected chi connectivity index (χ1v) is 10.9. The van der Waals surface area contributed by atoms with Crippen LogP contribution in [0.2, 0.25) is 0 Å². The van der Waals surface area contributed by atoms with Crippen LogP contribution in [-0.2, 0) is 20.8 Å². The van der Waals surface area contributed by atoms with Gasteiger partial charge in [0.25, 0.3) is 0 Å². The molecule has 0 saturated carbocycles. The molecule has 1 atom stereocenters. The molecule has 29 heavy (non-hydrogen) atoms. The second-order valence-electron chi connectivity index (χ2n) is 7.02. The highest BCUT2D eigenvalue weighted by Gasteiger charge is 2.34. The molecule has 2 aromatic carbocycles. The Labute approximate surface area is 167 Å². The van der Waals surface area contributed by atoms with Crippen LogP contribution in [-0.4, -0.2) is 43.8 Å². The minimum absolute atomic E-state index is 0.0403. The lowest BCUT2D eigenvalue weighted by Crippen LogP contribution is -2.46. The Morgan fingerprint density at radius 1 is 1.07 bits per heavy atom. The first-order valence-electron chi connectivity index (χ1n) is 9.05. The molecule has 0 aromatic heterocycles. The monoisotopic (exact) mass is 426 g/mol. The maximum absolute atomic E-state index is 13.2. The Kier molecular flexibility index (Phi) is 6.00. The average molecular weight is 426 g/mol. The molecular formula is C20H21F3N2O3S. The minimum Gasteiger partial charge on any atom is -0.324 e. The number of nitrogens with zero attached hydrogens (tertiary/aromatic N) is 1. The Balaban J connectivity index is 1.88. The van der Waals surface area contributed by atoms with E-state index >= 15 is 0 Å². The number of carbonyl (C=O) groups is 1. The van der Waals surface area contributed by atoms with Crippen molar-refractivity contribution in [3.63, 3.8) is 0 Å². The molecule has 5 nitrogen and oxygen atoms in total. The Bertz CT molecular complexity index is 978. The van der Waals surface area contributed by atoms with E-state index in [2.05, 4.69) is 5.32 Å². The SMILES string of the molecule is Cc1ccc(NC(=O)C(c2ccccc2)N2CCS(=O)(=O)CC2)cc1C(F)(F)F. The zero-order valence-electron chi connectivity index (χ0n) is 15.7. The first kappa shape index (κ1) is 21.3. The van der Waals surface area contributed by atoms with Crippen molar-refractivity contribution in [2.75, 3.05) is 29.9 Å². The van der Waals surface area contributed by atoms with Crippen LogP contribution in [0.4, 0.5) is 18.9 Å². The molecule has 1 N–H and O–H groups in total. The predicted molar refractivity (Wildman–Crippen MR) is 104 cm³/mol. The number of hydrogen-bond acceptors (Lipinski definition) is 4. The summed E-state index contributed by atoms with van der Waals surface area (Å²) in [6, 6.07) is 11.6. The predicted octanol–water partition coefficient (Wildman–Crippen LogP) is 3.42.